The monoisotopic (exact) mass is 273 g/mol. The molecule has 1 aliphatic heterocycles. The molecule has 1 fully saturated rings. The Morgan fingerprint density at radius 3 is 2.55 bits per heavy atom. The summed E-state index contributed by atoms with van der Waals surface area (Å²) in [6.07, 6.45) is 4.15. The number of nitrogen functional groups attached to an aromatic ring is 1. The first-order valence-electron chi connectivity index (χ1n) is 6.62. The lowest BCUT2D eigenvalue weighted by Crippen LogP contribution is -2.47. The van der Waals surface area contributed by atoms with Crippen LogP contribution >= 0.6 is 0 Å². The van der Waals surface area contributed by atoms with Gasteiger partial charge in [-0.15, -0.1) is 0 Å². The van der Waals surface area contributed by atoms with Crippen LogP contribution in [0.4, 0.5) is 5.69 Å². The van der Waals surface area contributed by atoms with E-state index in [0.717, 1.165) is 23.2 Å². The van der Waals surface area contributed by atoms with Crippen molar-refractivity contribution in [1.82, 2.24) is 9.80 Å². The molecular weight excluding hydrogens is 254 g/mol. The number of rotatable bonds is 3. The van der Waals surface area contributed by atoms with Crippen molar-refractivity contribution < 1.29 is 9.59 Å². The largest absolute Gasteiger partial charge is 0.398 e. The highest BCUT2D eigenvalue weighted by atomic mass is 16.2. The zero-order valence-electron chi connectivity index (χ0n) is 11.6. The Kier molecular flexibility index (Phi) is 4.40. The molecule has 5 nitrogen and oxygen atoms in total. The molecule has 0 bridgehead atoms. The number of nitrogens with zero attached hydrogens (tertiary/aromatic N) is 2. The van der Waals surface area contributed by atoms with E-state index in [1.54, 1.807) is 22.0 Å². The summed E-state index contributed by atoms with van der Waals surface area (Å²) in [7, 11) is 0. The smallest absolute Gasteiger partial charge is 0.246 e. The maximum atomic E-state index is 12.0. The van der Waals surface area contributed by atoms with Gasteiger partial charge in [-0.1, -0.05) is 12.1 Å². The quantitative estimate of drug-likeness (QED) is 0.505. The molecule has 0 atom stereocenters. The Bertz CT molecular complexity index is 532. The van der Waals surface area contributed by atoms with E-state index in [4.69, 9.17) is 5.73 Å². The van der Waals surface area contributed by atoms with Crippen LogP contribution in [0, 0.1) is 6.92 Å². The van der Waals surface area contributed by atoms with Crippen LogP contribution in [0.25, 0.3) is 6.08 Å². The Morgan fingerprint density at radius 2 is 1.95 bits per heavy atom. The first-order valence-corrected chi connectivity index (χ1v) is 6.62. The third kappa shape index (κ3) is 3.38. The Morgan fingerprint density at radius 1 is 1.25 bits per heavy atom. The van der Waals surface area contributed by atoms with Gasteiger partial charge in [0.2, 0.25) is 12.3 Å². The highest BCUT2D eigenvalue weighted by Gasteiger charge is 2.17. The Labute approximate surface area is 118 Å². The van der Waals surface area contributed by atoms with Gasteiger partial charge in [0.25, 0.3) is 0 Å². The lowest BCUT2D eigenvalue weighted by molar-refractivity contribution is -0.130. The zero-order valence-corrected chi connectivity index (χ0v) is 11.6. The van der Waals surface area contributed by atoms with Gasteiger partial charge in [0, 0.05) is 37.9 Å². The van der Waals surface area contributed by atoms with E-state index in [2.05, 4.69) is 0 Å². The van der Waals surface area contributed by atoms with Crippen LogP contribution in [-0.4, -0.2) is 48.3 Å². The van der Waals surface area contributed by atoms with E-state index in [0.29, 0.717) is 26.2 Å². The van der Waals surface area contributed by atoms with Crippen molar-refractivity contribution >= 4 is 24.1 Å². The van der Waals surface area contributed by atoms with E-state index >= 15 is 0 Å². The third-order valence-corrected chi connectivity index (χ3v) is 3.50. The summed E-state index contributed by atoms with van der Waals surface area (Å²) in [6.45, 7) is 4.30. The number of piperazine rings is 1. The maximum Gasteiger partial charge on any atom is 0.246 e. The molecule has 20 heavy (non-hydrogen) atoms. The van der Waals surface area contributed by atoms with E-state index in [9.17, 15) is 9.59 Å². The van der Waals surface area contributed by atoms with Gasteiger partial charge in [0.1, 0.15) is 0 Å². The number of anilines is 1. The summed E-state index contributed by atoms with van der Waals surface area (Å²) in [5, 5.41) is 0. The van der Waals surface area contributed by atoms with E-state index < -0.39 is 0 Å². The number of aryl methyl sites for hydroxylation is 1. The van der Waals surface area contributed by atoms with Gasteiger partial charge in [-0.2, -0.15) is 0 Å². The topological polar surface area (TPSA) is 66.6 Å². The predicted octanol–water partition coefficient (Wildman–Crippen LogP) is 0.891. The highest BCUT2D eigenvalue weighted by molar-refractivity contribution is 5.92. The first kappa shape index (κ1) is 14.1. The summed E-state index contributed by atoms with van der Waals surface area (Å²) >= 11 is 0. The number of benzene rings is 1. The predicted molar refractivity (Wildman–Crippen MR) is 78.8 cm³/mol. The Hall–Kier alpha value is -2.30. The van der Waals surface area contributed by atoms with Crippen LogP contribution in [0.2, 0.25) is 0 Å². The molecule has 2 rings (SSSR count). The fourth-order valence-corrected chi connectivity index (χ4v) is 2.08. The number of hydrogen-bond donors (Lipinski definition) is 1. The van der Waals surface area contributed by atoms with Gasteiger partial charge in [-0.3, -0.25) is 9.59 Å². The zero-order chi connectivity index (χ0) is 14.5. The lowest BCUT2D eigenvalue weighted by atomic mass is 10.1. The minimum absolute atomic E-state index is 0.0327. The second kappa shape index (κ2) is 6.23. The molecule has 0 saturated carbocycles. The maximum absolute atomic E-state index is 12.0. The molecule has 106 valence electrons. The van der Waals surface area contributed by atoms with Crippen LogP contribution in [0.5, 0.6) is 0 Å². The standard InChI is InChI=1S/C15H19N3O2/c1-12-2-3-13(10-14(12)16)4-5-15(20)18-8-6-17(11-19)7-9-18/h2-5,10-11H,6-9,16H2,1H3/b5-4+. The third-order valence-electron chi connectivity index (χ3n) is 3.50. The second-order valence-corrected chi connectivity index (χ2v) is 4.92. The lowest BCUT2D eigenvalue weighted by Gasteiger charge is -2.31. The minimum atomic E-state index is -0.0327. The van der Waals surface area contributed by atoms with Gasteiger partial charge in [0.15, 0.2) is 0 Å². The van der Waals surface area contributed by atoms with Gasteiger partial charge in [0.05, 0.1) is 0 Å². The highest BCUT2D eigenvalue weighted by Crippen LogP contribution is 2.14. The molecular formula is C15H19N3O2. The van der Waals surface area contributed by atoms with E-state index in [-0.39, 0.29) is 5.91 Å². The summed E-state index contributed by atoms with van der Waals surface area (Å²) in [5.74, 6) is -0.0327. The fourth-order valence-electron chi connectivity index (χ4n) is 2.08. The summed E-state index contributed by atoms with van der Waals surface area (Å²) in [6, 6.07) is 5.71. The molecule has 0 unspecified atom stereocenters. The molecule has 0 aromatic heterocycles. The van der Waals surface area contributed by atoms with Gasteiger partial charge < -0.3 is 15.5 Å². The molecule has 2 amide bonds. The van der Waals surface area contributed by atoms with Crippen molar-refractivity contribution in [3.8, 4) is 0 Å². The van der Waals surface area contributed by atoms with Crippen LogP contribution in [0.15, 0.2) is 24.3 Å². The van der Waals surface area contributed by atoms with Crippen molar-refractivity contribution in [2.75, 3.05) is 31.9 Å². The molecule has 1 aromatic rings. The number of carbonyl (C=O) groups is 2. The molecule has 2 N–H and O–H groups in total. The fraction of sp³-hybridized carbons (Fsp3) is 0.333. The molecule has 0 aliphatic carbocycles. The minimum Gasteiger partial charge on any atom is -0.398 e. The first-order chi connectivity index (χ1) is 9.60. The normalized spacial score (nSPS) is 15.7. The van der Waals surface area contributed by atoms with Crippen LogP contribution in [-0.2, 0) is 9.59 Å². The van der Waals surface area contributed by atoms with Crippen molar-refractivity contribution in [3.63, 3.8) is 0 Å². The average Bonchev–Trinajstić information content (AvgIpc) is 2.48. The van der Waals surface area contributed by atoms with Crippen molar-refractivity contribution in [3.05, 3.63) is 35.4 Å². The van der Waals surface area contributed by atoms with Gasteiger partial charge in [-0.25, -0.2) is 0 Å². The Balaban J connectivity index is 1.95. The van der Waals surface area contributed by atoms with Gasteiger partial charge in [-0.05, 0) is 30.2 Å². The number of amides is 2. The van der Waals surface area contributed by atoms with Crippen LogP contribution in [0.3, 0.4) is 0 Å². The van der Waals surface area contributed by atoms with Crippen molar-refractivity contribution in [1.29, 1.82) is 0 Å². The van der Waals surface area contributed by atoms with E-state index in [1.807, 2.05) is 25.1 Å². The molecule has 1 saturated heterocycles. The number of carbonyl (C=O) groups excluding carboxylic acids is 2. The van der Waals surface area contributed by atoms with Gasteiger partial charge >= 0.3 is 0 Å². The summed E-state index contributed by atoms with van der Waals surface area (Å²) in [4.78, 5) is 26.0. The number of nitrogens with two attached hydrogens (primary N) is 1. The second-order valence-electron chi connectivity index (χ2n) is 4.92. The molecule has 1 aromatic carbocycles. The SMILES string of the molecule is Cc1ccc(/C=C/C(=O)N2CCN(C=O)CC2)cc1N. The molecule has 1 aliphatic rings. The summed E-state index contributed by atoms with van der Waals surface area (Å²) in [5.41, 5.74) is 8.49. The van der Waals surface area contributed by atoms with Crippen LogP contribution < -0.4 is 5.73 Å². The molecule has 0 radical (unpaired) electrons. The molecule has 1 heterocycles. The summed E-state index contributed by atoms with van der Waals surface area (Å²) < 4.78 is 0. The van der Waals surface area contributed by atoms with E-state index in [1.165, 1.54) is 0 Å². The number of hydrogen-bond acceptors (Lipinski definition) is 3. The molecule has 0 spiro atoms. The van der Waals surface area contributed by atoms with Crippen molar-refractivity contribution in [2.45, 2.75) is 6.92 Å². The van der Waals surface area contributed by atoms with Crippen LogP contribution in [0.1, 0.15) is 11.1 Å². The average molecular weight is 273 g/mol. The molecule has 5 heteroatoms. The van der Waals surface area contributed by atoms with Crippen molar-refractivity contribution in [2.24, 2.45) is 0 Å².